The third-order valence-electron chi connectivity index (χ3n) is 5.04. The van der Waals surface area contributed by atoms with Gasteiger partial charge in [0.25, 0.3) is 0 Å². The van der Waals surface area contributed by atoms with Gasteiger partial charge in [-0.1, -0.05) is 32.0 Å². The molecule has 0 fully saturated rings. The summed E-state index contributed by atoms with van der Waals surface area (Å²) in [5.74, 6) is 2.14. The van der Waals surface area contributed by atoms with Gasteiger partial charge in [-0.15, -0.1) is 0 Å². The molecule has 0 aliphatic carbocycles. The Morgan fingerprint density at radius 2 is 1.93 bits per heavy atom. The highest BCUT2D eigenvalue weighted by Gasteiger charge is 2.20. The normalized spacial score (nSPS) is 13.1. The van der Waals surface area contributed by atoms with Crippen molar-refractivity contribution in [3.63, 3.8) is 0 Å². The minimum atomic E-state index is 0.154. The van der Waals surface area contributed by atoms with Crippen LogP contribution in [-0.2, 0) is 13.6 Å². The van der Waals surface area contributed by atoms with Crippen molar-refractivity contribution in [2.75, 3.05) is 41.8 Å². The molecular formula is C22H36N6O. The summed E-state index contributed by atoms with van der Waals surface area (Å²) in [5, 5.41) is 8.14. The van der Waals surface area contributed by atoms with Crippen molar-refractivity contribution in [1.29, 1.82) is 0 Å². The van der Waals surface area contributed by atoms with Crippen molar-refractivity contribution in [2.24, 2.45) is 12.0 Å². The molecule has 0 amide bonds. The Balaban J connectivity index is 2.12. The molecule has 160 valence electrons. The van der Waals surface area contributed by atoms with Crippen molar-refractivity contribution in [1.82, 2.24) is 24.9 Å². The van der Waals surface area contributed by atoms with E-state index in [2.05, 4.69) is 72.5 Å². The van der Waals surface area contributed by atoms with Crippen LogP contribution in [0.4, 0.5) is 0 Å². The molecule has 29 heavy (non-hydrogen) atoms. The van der Waals surface area contributed by atoms with Crippen molar-refractivity contribution in [3.05, 3.63) is 47.3 Å². The number of hydrogen-bond donors (Lipinski definition) is 1. The zero-order chi connectivity index (χ0) is 21.6. The molecule has 7 nitrogen and oxygen atoms in total. The maximum atomic E-state index is 5.57. The molecule has 0 spiro atoms. The van der Waals surface area contributed by atoms with Gasteiger partial charge >= 0.3 is 0 Å². The third-order valence-corrected chi connectivity index (χ3v) is 5.04. The summed E-state index contributed by atoms with van der Waals surface area (Å²) in [6.07, 6.45) is 2.09. The van der Waals surface area contributed by atoms with Gasteiger partial charge in [0.15, 0.2) is 5.96 Å². The van der Waals surface area contributed by atoms with Crippen molar-refractivity contribution < 1.29 is 4.74 Å². The van der Waals surface area contributed by atoms with Crippen LogP contribution in [0.5, 0.6) is 5.75 Å². The number of rotatable bonds is 8. The number of guanidine groups is 1. The van der Waals surface area contributed by atoms with Gasteiger partial charge in [-0.25, -0.2) is 0 Å². The molecule has 1 unspecified atom stereocenters. The molecule has 1 atom stereocenters. The van der Waals surface area contributed by atoms with Crippen LogP contribution >= 0.6 is 0 Å². The summed E-state index contributed by atoms with van der Waals surface area (Å²) in [4.78, 5) is 8.81. The van der Waals surface area contributed by atoms with Crippen LogP contribution in [0.3, 0.4) is 0 Å². The van der Waals surface area contributed by atoms with Crippen LogP contribution in [-0.4, -0.2) is 67.4 Å². The van der Waals surface area contributed by atoms with Gasteiger partial charge < -0.3 is 19.9 Å². The Kier molecular flexibility index (Phi) is 8.08. The summed E-state index contributed by atoms with van der Waals surface area (Å²) in [5.41, 5.74) is 3.51. The third kappa shape index (κ3) is 5.73. The number of ether oxygens (including phenoxy) is 1. The second kappa shape index (κ2) is 10.3. The van der Waals surface area contributed by atoms with E-state index in [1.54, 1.807) is 7.11 Å². The zero-order valence-corrected chi connectivity index (χ0v) is 19.1. The van der Waals surface area contributed by atoms with Gasteiger partial charge in [0.2, 0.25) is 0 Å². The monoisotopic (exact) mass is 400 g/mol. The molecule has 1 aromatic heterocycles. The highest BCUT2D eigenvalue weighted by atomic mass is 16.5. The number of nitrogens with zero attached hydrogens (tertiary/aromatic N) is 5. The van der Waals surface area contributed by atoms with Gasteiger partial charge in [-0.3, -0.25) is 9.67 Å². The topological polar surface area (TPSA) is 57.9 Å². The predicted molar refractivity (Wildman–Crippen MR) is 120 cm³/mol. The van der Waals surface area contributed by atoms with E-state index >= 15 is 0 Å². The van der Waals surface area contributed by atoms with Crippen LogP contribution in [0.2, 0.25) is 0 Å². The van der Waals surface area contributed by atoms with E-state index in [9.17, 15) is 0 Å². The smallest absolute Gasteiger partial charge is 0.193 e. The number of benzene rings is 1. The largest absolute Gasteiger partial charge is 0.496 e. The first-order valence-electron chi connectivity index (χ1n) is 10.0. The molecule has 2 aromatic rings. The number of likely N-dealkylation sites (N-methyl/N-ethyl adjacent to an activating group) is 1. The molecular weight excluding hydrogens is 364 g/mol. The number of methoxy groups -OCH3 is 1. The average molecular weight is 401 g/mol. The molecule has 0 aliphatic heterocycles. The Morgan fingerprint density at radius 3 is 2.52 bits per heavy atom. The van der Waals surface area contributed by atoms with E-state index in [1.165, 1.54) is 5.56 Å². The summed E-state index contributed by atoms with van der Waals surface area (Å²) >= 11 is 0. The molecule has 1 heterocycles. The van der Waals surface area contributed by atoms with Crippen LogP contribution in [0.15, 0.2) is 35.5 Å². The summed E-state index contributed by atoms with van der Waals surface area (Å²) in [6, 6.07) is 8.31. The van der Waals surface area contributed by atoms with Crippen LogP contribution in [0.1, 0.15) is 42.6 Å². The van der Waals surface area contributed by atoms with Crippen molar-refractivity contribution >= 4 is 5.96 Å². The Bertz CT molecular complexity index is 811. The Labute approximate surface area is 175 Å². The first-order valence-corrected chi connectivity index (χ1v) is 10.0. The summed E-state index contributed by atoms with van der Waals surface area (Å²) in [6.45, 7) is 5.82. The molecule has 0 aliphatic rings. The van der Waals surface area contributed by atoms with E-state index in [4.69, 9.17) is 4.74 Å². The van der Waals surface area contributed by atoms with Crippen molar-refractivity contribution in [3.8, 4) is 5.75 Å². The first-order chi connectivity index (χ1) is 13.8. The van der Waals surface area contributed by atoms with E-state index in [0.29, 0.717) is 12.5 Å². The number of aromatic nitrogens is 2. The van der Waals surface area contributed by atoms with Gasteiger partial charge in [-0.2, -0.15) is 5.10 Å². The highest BCUT2D eigenvalue weighted by Crippen LogP contribution is 2.27. The lowest BCUT2D eigenvalue weighted by Gasteiger charge is -2.29. The van der Waals surface area contributed by atoms with E-state index < -0.39 is 0 Å². The summed E-state index contributed by atoms with van der Waals surface area (Å²) < 4.78 is 7.46. The number of aryl methyl sites for hydroxylation is 1. The number of para-hydroxylation sites is 1. The van der Waals surface area contributed by atoms with Crippen molar-refractivity contribution in [2.45, 2.75) is 32.4 Å². The van der Waals surface area contributed by atoms with Crippen LogP contribution < -0.4 is 10.1 Å². The molecule has 1 N–H and O–H groups in total. The molecule has 1 aromatic carbocycles. The molecule has 7 heteroatoms. The zero-order valence-electron chi connectivity index (χ0n) is 19.1. The van der Waals surface area contributed by atoms with Gasteiger partial charge in [0.05, 0.1) is 18.8 Å². The SMILES string of the molecule is CN=C(NCC(c1ccccc1OC)N(C)C)N(C)Cc1cn(C)nc1C(C)C. The van der Waals surface area contributed by atoms with Gasteiger partial charge in [0.1, 0.15) is 5.75 Å². The second-order valence-electron chi connectivity index (χ2n) is 7.87. The number of nitrogens with one attached hydrogen (secondary N) is 1. The minimum absolute atomic E-state index is 0.154. The standard InChI is InChI=1S/C22H36N6O/c1-16(2)21-17(15-28(7)25-21)14-27(6)22(23-3)24-13-19(26(4)5)18-11-9-10-12-20(18)29-8/h9-12,15-16,19H,13-14H2,1-8H3,(H,23,24). The van der Waals surface area contributed by atoms with E-state index in [-0.39, 0.29) is 6.04 Å². The lowest BCUT2D eigenvalue weighted by Crippen LogP contribution is -2.42. The quantitative estimate of drug-likeness (QED) is 0.545. The molecule has 2 rings (SSSR count). The second-order valence-corrected chi connectivity index (χ2v) is 7.87. The average Bonchev–Trinajstić information content (AvgIpc) is 3.05. The highest BCUT2D eigenvalue weighted by molar-refractivity contribution is 5.79. The number of aliphatic imine (C=N–C) groups is 1. The maximum absolute atomic E-state index is 5.57. The minimum Gasteiger partial charge on any atom is -0.496 e. The molecule has 0 saturated carbocycles. The van der Waals surface area contributed by atoms with Gasteiger partial charge in [0, 0.05) is 51.6 Å². The first kappa shape index (κ1) is 22.7. The number of hydrogen-bond acceptors (Lipinski definition) is 4. The lowest BCUT2D eigenvalue weighted by molar-refractivity contribution is 0.285. The van der Waals surface area contributed by atoms with Crippen LogP contribution in [0.25, 0.3) is 0 Å². The molecule has 0 saturated heterocycles. The van der Waals surface area contributed by atoms with Crippen LogP contribution in [0, 0.1) is 0 Å². The van der Waals surface area contributed by atoms with E-state index in [0.717, 1.165) is 29.5 Å². The lowest BCUT2D eigenvalue weighted by atomic mass is 10.0. The summed E-state index contributed by atoms with van der Waals surface area (Å²) in [7, 11) is 11.7. The Hall–Kier alpha value is -2.54. The fraction of sp³-hybridized carbons (Fsp3) is 0.545. The fourth-order valence-corrected chi connectivity index (χ4v) is 3.58. The molecule has 0 bridgehead atoms. The Morgan fingerprint density at radius 1 is 1.24 bits per heavy atom. The fourth-order valence-electron chi connectivity index (χ4n) is 3.58. The maximum Gasteiger partial charge on any atom is 0.193 e. The van der Waals surface area contributed by atoms with Gasteiger partial charge in [-0.05, 0) is 26.1 Å². The van der Waals surface area contributed by atoms with E-state index in [1.807, 2.05) is 37.0 Å². The predicted octanol–water partition coefficient (Wildman–Crippen LogP) is 2.86. The molecule has 0 radical (unpaired) electrons.